The predicted octanol–water partition coefficient (Wildman–Crippen LogP) is 4.83. The van der Waals surface area contributed by atoms with Crippen LogP contribution in [0.5, 0.6) is 0 Å². The molecular formula is C41H40Cl2Zr. The van der Waals surface area contributed by atoms with Crippen molar-refractivity contribution in [3.8, 4) is 11.1 Å². The molecule has 0 nitrogen and oxygen atoms in total. The van der Waals surface area contributed by atoms with Gasteiger partial charge >= 0.3 is 261 Å². The van der Waals surface area contributed by atoms with E-state index in [0.717, 1.165) is 6.42 Å². The standard InChI is InChI=1S/C17H13.C13H10.C11H17.2ClH.Zr/c1-3-12-5-7-14-11-15-8-6-13(4-2)10-17(15)16(14)9-12;1-3-7-12(8-4-1)11-13-9-5-2-6-10-13;1-5-9-6-7-10(8-9)11(2,3)4;;;/h3-11H,1-2H2;1-10H;7-9H,5H2,1-4H3;2*1H;/q;;;;;+2/p-2. The fraction of sp³-hybridized carbons (Fsp3) is 0.195. The van der Waals surface area contributed by atoms with Crippen molar-refractivity contribution in [2.75, 3.05) is 0 Å². The summed E-state index contributed by atoms with van der Waals surface area (Å²) in [5.41, 5.74) is 12.4. The van der Waals surface area contributed by atoms with Crippen molar-refractivity contribution >= 4 is 15.4 Å². The Kier molecular flexibility index (Phi) is 10.9. The van der Waals surface area contributed by atoms with Crippen molar-refractivity contribution < 1.29 is 46.1 Å². The van der Waals surface area contributed by atoms with Gasteiger partial charge in [-0.3, -0.25) is 0 Å². The molecule has 0 saturated carbocycles. The van der Waals surface area contributed by atoms with Crippen LogP contribution < -0.4 is 24.8 Å². The van der Waals surface area contributed by atoms with Gasteiger partial charge in [-0.2, -0.15) is 0 Å². The first kappa shape index (κ1) is 34.1. The molecule has 0 radical (unpaired) electrons. The average molecular weight is 695 g/mol. The zero-order chi connectivity index (χ0) is 29.4. The van der Waals surface area contributed by atoms with Crippen LogP contribution in [0.1, 0.15) is 71.1 Å². The van der Waals surface area contributed by atoms with E-state index in [1.807, 2.05) is 12.2 Å². The summed E-state index contributed by atoms with van der Waals surface area (Å²) in [6.45, 7) is 17.7. The van der Waals surface area contributed by atoms with Gasteiger partial charge in [-0.1, -0.05) is 0 Å². The van der Waals surface area contributed by atoms with Crippen molar-refractivity contribution in [3.05, 3.63) is 165 Å². The van der Waals surface area contributed by atoms with Gasteiger partial charge in [0.25, 0.3) is 0 Å². The quantitative estimate of drug-likeness (QED) is 0.260. The minimum Gasteiger partial charge on any atom is -1.00 e. The topological polar surface area (TPSA) is 0 Å². The Morgan fingerprint density at radius 1 is 0.727 bits per heavy atom. The second-order valence-corrected chi connectivity index (χ2v) is 18.6. The number of halogens is 2. The van der Waals surface area contributed by atoms with Crippen molar-refractivity contribution in [2.45, 2.75) is 37.7 Å². The molecule has 0 aliphatic heterocycles. The van der Waals surface area contributed by atoms with E-state index < -0.39 is 21.3 Å². The summed E-state index contributed by atoms with van der Waals surface area (Å²) < 4.78 is 3.69. The molecule has 0 N–H and O–H groups in total. The van der Waals surface area contributed by atoms with E-state index >= 15 is 0 Å². The van der Waals surface area contributed by atoms with E-state index in [1.54, 1.807) is 6.49 Å². The zero-order valence-corrected chi connectivity index (χ0v) is 30.0. The summed E-state index contributed by atoms with van der Waals surface area (Å²) in [5, 5.41) is 0. The number of benzene rings is 4. The van der Waals surface area contributed by atoms with Gasteiger partial charge in [-0.25, -0.2) is 0 Å². The number of hydrogen-bond acceptors (Lipinski definition) is 0. The Balaban J connectivity index is 0.00000221. The molecule has 3 heteroatoms. The van der Waals surface area contributed by atoms with Crippen molar-refractivity contribution in [1.82, 2.24) is 0 Å². The number of rotatable bonds is 7. The van der Waals surface area contributed by atoms with E-state index in [4.69, 9.17) is 0 Å². The molecule has 2 aliphatic carbocycles. The van der Waals surface area contributed by atoms with Gasteiger partial charge in [0.05, 0.1) is 0 Å². The third-order valence-corrected chi connectivity index (χ3v) is 17.4. The molecule has 6 rings (SSSR count). The van der Waals surface area contributed by atoms with Crippen LogP contribution in [0.2, 0.25) is 0 Å². The first-order valence-electron chi connectivity index (χ1n) is 15.2. The monoisotopic (exact) mass is 692 g/mol. The Bertz CT molecular complexity index is 1670. The minimum absolute atomic E-state index is 0. The average Bonchev–Trinajstić information content (AvgIpc) is 3.60. The normalized spacial score (nSPS) is 14.9. The molecule has 0 fully saturated rings. The number of allylic oxidation sites excluding steroid dienone is 4. The van der Waals surface area contributed by atoms with Crippen LogP contribution in [0.4, 0.5) is 0 Å². The van der Waals surface area contributed by atoms with Gasteiger partial charge < -0.3 is 24.8 Å². The largest absolute Gasteiger partial charge is 1.00 e. The van der Waals surface area contributed by atoms with Crippen molar-refractivity contribution in [2.24, 2.45) is 11.3 Å². The summed E-state index contributed by atoms with van der Waals surface area (Å²) in [4.78, 5) is 0. The van der Waals surface area contributed by atoms with Gasteiger partial charge in [0, 0.05) is 0 Å². The summed E-state index contributed by atoms with van der Waals surface area (Å²) in [6.07, 6.45) is 10.3. The minimum atomic E-state index is -2.81. The van der Waals surface area contributed by atoms with E-state index in [9.17, 15) is 0 Å². The Morgan fingerprint density at radius 2 is 1.20 bits per heavy atom. The maximum Gasteiger partial charge on any atom is -1.00 e. The molecule has 0 amide bonds. The molecule has 0 heterocycles. The summed E-state index contributed by atoms with van der Waals surface area (Å²) >= 11 is -2.81. The summed E-state index contributed by atoms with van der Waals surface area (Å²) in [6, 6.07) is 36.6. The third-order valence-electron chi connectivity index (χ3n) is 8.93. The molecule has 0 spiro atoms. The molecule has 1 unspecified atom stereocenters. The maximum absolute atomic E-state index is 4.10. The predicted molar refractivity (Wildman–Crippen MR) is 179 cm³/mol. The summed E-state index contributed by atoms with van der Waals surface area (Å²) in [5.74, 6) is 0.475. The second-order valence-electron chi connectivity index (χ2n) is 12.5. The van der Waals surface area contributed by atoms with E-state index in [0.29, 0.717) is 9.54 Å². The third kappa shape index (κ3) is 6.30. The molecule has 0 aromatic heterocycles. The van der Waals surface area contributed by atoms with Gasteiger partial charge in [0.15, 0.2) is 0 Å². The first-order valence-corrected chi connectivity index (χ1v) is 19.0. The number of hydrogen-bond donors (Lipinski definition) is 0. The van der Waals surface area contributed by atoms with E-state index in [1.165, 1.54) is 50.1 Å². The molecule has 4 aromatic carbocycles. The van der Waals surface area contributed by atoms with Crippen molar-refractivity contribution in [3.63, 3.8) is 0 Å². The molecule has 44 heavy (non-hydrogen) atoms. The van der Waals surface area contributed by atoms with Crippen LogP contribution in [0.15, 0.2) is 131 Å². The molecule has 2 aliphatic rings. The van der Waals surface area contributed by atoms with Crippen LogP contribution in [0, 0.1) is 11.3 Å². The second kappa shape index (κ2) is 14.1. The van der Waals surface area contributed by atoms with Gasteiger partial charge in [0.1, 0.15) is 0 Å². The van der Waals surface area contributed by atoms with Crippen LogP contribution in [-0.2, 0) is 21.3 Å². The fourth-order valence-electron chi connectivity index (χ4n) is 6.70. The molecule has 222 valence electrons. The maximum atomic E-state index is 4.10. The zero-order valence-electron chi connectivity index (χ0n) is 26.1. The molecule has 4 aromatic rings. The Labute approximate surface area is 284 Å². The van der Waals surface area contributed by atoms with Gasteiger partial charge in [-0.05, 0) is 0 Å². The SMILES string of the molecule is C=Cc1ccc2c(c1)-c1cc(C=C)ccc1[CH]2[Zr+2]([C]1=CC(C(C)(C)C)=CC1CC)=[C](c1ccccc1)c1ccccc1.[Cl-].[Cl-]. The van der Waals surface area contributed by atoms with Gasteiger partial charge in [0.2, 0.25) is 0 Å². The Hall–Kier alpha value is -2.83. The van der Waals surface area contributed by atoms with Crippen molar-refractivity contribution in [1.29, 1.82) is 0 Å². The molecule has 0 bridgehead atoms. The fourth-order valence-corrected chi connectivity index (χ4v) is 16.5. The molecule has 1 atom stereocenters. The molecular weight excluding hydrogens is 655 g/mol. The Morgan fingerprint density at radius 3 is 1.61 bits per heavy atom. The smallest absolute Gasteiger partial charge is 1.00 e. The van der Waals surface area contributed by atoms with Gasteiger partial charge in [-0.15, -0.1) is 0 Å². The molecule has 0 saturated heterocycles. The van der Waals surface area contributed by atoms with Crippen LogP contribution in [0.3, 0.4) is 0 Å². The van der Waals surface area contributed by atoms with Crippen LogP contribution in [-0.4, -0.2) is 3.21 Å². The van der Waals surface area contributed by atoms with E-state index in [2.05, 4.69) is 150 Å². The number of fused-ring (bicyclic) bond motifs is 3. The van der Waals surface area contributed by atoms with E-state index in [-0.39, 0.29) is 30.2 Å². The van der Waals surface area contributed by atoms with Crippen LogP contribution >= 0.6 is 0 Å². The summed E-state index contributed by atoms with van der Waals surface area (Å²) in [7, 11) is 0. The first-order chi connectivity index (χ1) is 20.3. The van der Waals surface area contributed by atoms with Crippen LogP contribution in [0.25, 0.3) is 23.3 Å².